The van der Waals surface area contributed by atoms with Crippen molar-refractivity contribution in [2.45, 2.75) is 0 Å². The van der Waals surface area contributed by atoms with Crippen LogP contribution in [0.1, 0.15) is 5.56 Å². The quantitative estimate of drug-likeness (QED) is 0.220. The molecule has 0 atom stereocenters. The molecule has 8 nitrogen and oxygen atoms in total. The molecule has 11 heteroatoms. The van der Waals surface area contributed by atoms with Crippen LogP contribution in [-0.4, -0.2) is 33.6 Å². The minimum atomic E-state index is -1.09. The Morgan fingerprint density at radius 1 is 1.14 bits per heavy atom. The Kier molecular flexibility index (Phi) is 6.65. The molecule has 5 rings (SSSR count). The topological polar surface area (TPSA) is 107 Å². The molecule has 0 aliphatic rings. The number of halogens is 3. The van der Waals surface area contributed by atoms with E-state index in [1.165, 1.54) is 10.9 Å². The molecule has 0 saturated heterocycles. The summed E-state index contributed by atoms with van der Waals surface area (Å²) in [6.45, 7) is -0.491. The molecule has 0 aliphatic carbocycles. The Morgan fingerprint density at radius 3 is 2.64 bits per heavy atom. The Balaban J connectivity index is 1.62. The third kappa shape index (κ3) is 4.79. The minimum absolute atomic E-state index is 0.224. The van der Waals surface area contributed by atoms with Gasteiger partial charge in [-0.15, -0.1) is 0 Å². The van der Waals surface area contributed by atoms with Crippen molar-refractivity contribution in [3.05, 3.63) is 90.5 Å². The maximum atomic E-state index is 13.4. The fourth-order valence-electron chi connectivity index (χ4n) is 3.56. The van der Waals surface area contributed by atoms with Crippen molar-refractivity contribution >= 4 is 77.5 Å². The Bertz CT molecular complexity index is 1720. The molecule has 0 saturated carbocycles. The number of carboxylic acids is 1. The summed E-state index contributed by atoms with van der Waals surface area (Å²) in [7, 11) is 0. The van der Waals surface area contributed by atoms with Crippen molar-refractivity contribution in [2.75, 3.05) is 6.61 Å². The van der Waals surface area contributed by atoms with Gasteiger partial charge >= 0.3 is 5.97 Å². The summed E-state index contributed by atoms with van der Waals surface area (Å²) in [5.41, 5.74) is 1.34. The number of hydrogen-bond donors (Lipinski definition) is 1. The molecule has 2 heterocycles. The van der Waals surface area contributed by atoms with E-state index in [0.29, 0.717) is 47.5 Å². The predicted molar refractivity (Wildman–Crippen MR) is 144 cm³/mol. The maximum Gasteiger partial charge on any atom is 0.341 e. The highest BCUT2D eigenvalue weighted by Gasteiger charge is 2.17. The molecule has 1 N–H and O–H groups in total. The van der Waals surface area contributed by atoms with Crippen LogP contribution in [0.4, 0.5) is 0 Å². The van der Waals surface area contributed by atoms with E-state index in [4.69, 9.17) is 25.9 Å². The molecule has 2 aromatic heterocycles. The zero-order chi connectivity index (χ0) is 25.4. The lowest BCUT2D eigenvalue weighted by Crippen LogP contribution is -2.20. The highest BCUT2D eigenvalue weighted by molar-refractivity contribution is 9.11. The van der Waals surface area contributed by atoms with Crippen LogP contribution in [-0.2, 0) is 4.79 Å². The third-order valence-electron chi connectivity index (χ3n) is 5.14. The number of carbonyl (C=O) groups is 1. The lowest BCUT2D eigenvalue weighted by molar-refractivity contribution is -0.139. The summed E-state index contributed by atoms with van der Waals surface area (Å²) in [5.74, 6) is -0.183. The van der Waals surface area contributed by atoms with Gasteiger partial charge < -0.3 is 14.3 Å². The largest absolute Gasteiger partial charge is 0.480 e. The standard InChI is InChI=1S/C25H14Br2ClN3O5/c26-17-7-13(8-18(27)23(17)35-12-22(32)33)11-29-31-24(30-19-4-2-1-3-16(19)25(31)34)21-10-14-9-15(28)5-6-20(14)36-21/h1-11H,12H2,(H,32,33). The fraction of sp³-hybridized carbons (Fsp3) is 0.0400. The zero-order valence-electron chi connectivity index (χ0n) is 18.1. The molecular formula is C25H14Br2ClN3O5. The van der Waals surface area contributed by atoms with Crippen LogP contribution in [0.2, 0.25) is 5.02 Å². The molecule has 0 unspecified atom stereocenters. The van der Waals surface area contributed by atoms with E-state index in [-0.39, 0.29) is 11.4 Å². The molecule has 0 amide bonds. The number of fused-ring (bicyclic) bond motifs is 2. The van der Waals surface area contributed by atoms with Gasteiger partial charge in [0.2, 0.25) is 5.82 Å². The first-order valence-electron chi connectivity index (χ1n) is 10.4. The van der Waals surface area contributed by atoms with Crippen LogP contribution in [0.3, 0.4) is 0 Å². The number of ether oxygens (including phenoxy) is 1. The Morgan fingerprint density at radius 2 is 1.89 bits per heavy atom. The minimum Gasteiger partial charge on any atom is -0.480 e. The SMILES string of the molecule is O=C(O)COc1c(Br)cc(C=Nn2c(-c3cc4cc(Cl)ccc4o3)nc3ccccc3c2=O)cc1Br. The third-order valence-corrected chi connectivity index (χ3v) is 6.55. The summed E-state index contributed by atoms with van der Waals surface area (Å²) in [5, 5.41) is 15.0. The molecule has 36 heavy (non-hydrogen) atoms. The first-order chi connectivity index (χ1) is 17.3. The van der Waals surface area contributed by atoms with E-state index in [2.05, 4.69) is 41.9 Å². The van der Waals surface area contributed by atoms with Crippen molar-refractivity contribution in [2.24, 2.45) is 5.10 Å². The number of hydrogen-bond acceptors (Lipinski definition) is 6. The van der Waals surface area contributed by atoms with Gasteiger partial charge in [0.1, 0.15) is 11.3 Å². The number of carboxylic acid groups (broad SMARTS) is 1. The number of nitrogens with zero attached hydrogens (tertiary/aromatic N) is 3. The fourth-order valence-corrected chi connectivity index (χ4v) is 5.20. The first-order valence-corrected chi connectivity index (χ1v) is 12.4. The van der Waals surface area contributed by atoms with Crippen molar-refractivity contribution in [1.82, 2.24) is 9.66 Å². The number of aromatic nitrogens is 2. The van der Waals surface area contributed by atoms with E-state index in [1.807, 2.05) is 0 Å². The van der Waals surface area contributed by atoms with Crippen LogP contribution in [0.15, 0.2) is 83.9 Å². The van der Waals surface area contributed by atoms with Gasteiger partial charge in [0.25, 0.3) is 5.56 Å². The van der Waals surface area contributed by atoms with Gasteiger partial charge in [0, 0.05) is 10.4 Å². The molecule has 0 aliphatic heterocycles. The van der Waals surface area contributed by atoms with Crippen molar-refractivity contribution in [1.29, 1.82) is 0 Å². The van der Waals surface area contributed by atoms with E-state index >= 15 is 0 Å². The van der Waals surface area contributed by atoms with E-state index in [9.17, 15) is 9.59 Å². The molecule has 0 spiro atoms. The molecule has 180 valence electrons. The van der Waals surface area contributed by atoms with Gasteiger partial charge in [-0.2, -0.15) is 9.78 Å². The normalized spacial score (nSPS) is 11.5. The first kappa shape index (κ1) is 24.2. The predicted octanol–water partition coefficient (Wildman–Crippen LogP) is 6.33. The summed E-state index contributed by atoms with van der Waals surface area (Å²) in [6, 6.07) is 17.3. The van der Waals surface area contributed by atoms with Crippen molar-refractivity contribution in [3.8, 4) is 17.3 Å². The monoisotopic (exact) mass is 629 g/mol. The number of benzene rings is 3. The summed E-state index contributed by atoms with van der Waals surface area (Å²) in [6.07, 6.45) is 1.48. The summed E-state index contributed by atoms with van der Waals surface area (Å²) >= 11 is 12.9. The lowest BCUT2D eigenvalue weighted by atomic mass is 10.2. The second-order valence-electron chi connectivity index (χ2n) is 7.60. The highest BCUT2D eigenvalue weighted by Crippen LogP contribution is 2.34. The van der Waals surface area contributed by atoms with E-state index in [0.717, 1.165) is 5.39 Å². The van der Waals surface area contributed by atoms with Crippen molar-refractivity contribution in [3.63, 3.8) is 0 Å². The average molecular weight is 632 g/mol. The van der Waals surface area contributed by atoms with Gasteiger partial charge in [0.15, 0.2) is 12.4 Å². The van der Waals surface area contributed by atoms with Crippen LogP contribution in [0, 0.1) is 0 Å². The second kappa shape index (κ2) is 9.88. The molecule has 0 bridgehead atoms. The van der Waals surface area contributed by atoms with Crippen LogP contribution in [0.5, 0.6) is 5.75 Å². The van der Waals surface area contributed by atoms with Gasteiger partial charge in [-0.3, -0.25) is 4.79 Å². The van der Waals surface area contributed by atoms with Crippen LogP contribution in [0.25, 0.3) is 33.5 Å². The van der Waals surface area contributed by atoms with E-state index < -0.39 is 12.6 Å². The summed E-state index contributed by atoms with van der Waals surface area (Å²) < 4.78 is 13.5. The lowest BCUT2D eigenvalue weighted by Gasteiger charge is -2.10. The van der Waals surface area contributed by atoms with Gasteiger partial charge in [-0.05, 0) is 86.0 Å². The van der Waals surface area contributed by atoms with Gasteiger partial charge in [-0.25, -0.2) is 9.78 Å². The highest BCUT2D eigenvalue weighted by atomic mass is 79.9. The summed E-state index contributed by atoms with van der Waals surface area (Å²) in [4.78, 5) is 28.9. The van der Waals surface area contributed by atoms with Crippen LogP contribution < -0.4 is 10.3 Å². The zero-order valence-corrected chi connectivity index (χ0v) is 22.0. The number of aliphatic carboxylic acids is 1. The van der Waals surface area contributed by atoms with E-state index in [1.54, 1.807) is 60.7 Å². The number of furan rings is 1. The van der Waals surface area contributed by atoms with Gasteiger partial charge in [0.05, 0.1) is 26.1 Å². The molecule has 3 aromatic carbocycles. The maximum absolute atomic E-state index is 13.4. The van der Waals surface area contributed by atoms with Crippen LogP contribution >= 0.6 is 43.5 Å². The molecular weight excluding hydrogens is 618 g/mol. The smallest absolute Gasteiger partial charge is 0.341 e. The average Bonchev–Trinajstić information content (AvgIpc) is 3.25. The number of para-hydroxylation sites is 1. The molecule has 0 radical (unpaired) electrons. The van der Waals surface area contributed by atoms with Gasteiger partial charge in [-0.1, -0.05) is 23.7 Å². The molecule has 0 fully saturated rings. The number of rotatable bonds is 6. The Hall–Kier alpha value is -3.47. The van der Waals surface area contributed by atoms with Crippen molar-refractivity contribution < 1.29 is 19.1 Å². The molecule has 5 aromatic rings. The Labute approximate surface area is 225 Å². The second-order valence-corrected chi connectivity index (χ2v) is 9.75.